The molecule has 1 aliphatic rings. The number of para-hydroxylation sites is 1. The zero-order chi connectivity index (χ0) is 22.1. The minimum atomic E-state index is -0.739. The van der Waals surface area contributed by atoms with Crippen molar-refractivity contribution in [2.75, 3.05) is 13.2 Å². The zero-order valence-corrected chi connectivity index (χ0v) is 18.3. The van der Waals surface area contributed by atoms with E-state index in [1.54, 1.807) is 41.4 Å². The first-order chi connectivity index (χ1) is 15.7. The van der Waals surface area contributed by atoms with Gasteiger partial charge in [0, 0.05) is 46.7 Å². The van der Waals surface area contributed by atoms with Crippen molar-refractivity contribution in [1.29, 1.82) is 0 Å². The molecule has 160 valence electrons. The maximum absolute atomic E-state index is 13.9. The fraction of sp³-hybridized carbons (Fsp3) is 0.200. The number of nitrogens with zero attached hydrogens (tertiary/aromatic N) is 3. The topological polar surface area (TPSA) is 73.5 Å². The summed E-state index contributed by atoms with van der Waals surface area (Å²) in [6, 6.07) is 13.6. The Hall–Kier alpha value is -3.58. The third-order valence-electron chi connectivity index (χ3n) is 5.59. The van der Waals surface area contributed by atoms with Crippen molar-refractivity contribution in [3.63, 3.8) is 0 Å². The first-order valence-corrected chi connectivity index (χ1v) is 11.4. The molecule has 6 nitrogen and oxygen atoms in total. The fourth-order valence-corrected chi connectivity index (χ4v) is 4.94. The van der Waals surface area contributed by atoms with E-state index in [9.17, 15) is 9.59 Å². The third-order valence-corrected chi connectivity index (χ3v) is 6.51. The molecule has 0 saturated carbocycles. The van der Waals surface area contributed by atoms with Crippen LogP contribution in [0.1, 0.15) is 34.5 Å². The van der Waals surface area contributed by atoms with Crippen molar-refractivity contribution >= 4 is 40.3 Å². The molecular formula is C25H21N3O3S. The molecule has 1 aliphatic heterocycles. The van der Waals surface area contributed by atoms with Crippen molar-refractivity contribution in [2.24, 2.45) is 4.99 Å². The van der Waals surface area contributed by atoms with Gasteiger partial charge in [0.25, 0.3) is 5.91 Å². The van der Waals surface area contributed by atoms with Crippen LogP contribution in [-0.2, 0) is 16.0 Å². The normalized spacial score (nSPS) is 15.3. The van der Waals surface area contributed by atoms with E-state index in [1.807, 2.05) is 47.8 Å². The molecule has 4 aromatic rings. The number of aromatic nitrogens is 2. The second-order valence-corrected chi connectivity index (χ2v) is 8.44. The molecule has 1 atom stereocenters. The number of carbonyl (C=O) groups is 2. The van der Waals surface area contributed by atoms with E-state index in [1.165, 1.54) is 0 Å². The van der Waals surface area contributed by atoms with Crippen LogP contribution in [0, 0.1) is 0 Å². The van der Waals surface area contributed by atoms with Gasteiger partial charge in [-0.2, -0.15) is 0 Å². The van der Waals surface area contributed by atoms with Gasteiger partial charge in [-0.3, -0.25) is 24.1 Å². The number of aliphatic imine (C=N–C) groups is 1. The minimum Gasteiger partial charge on any atom is -0.465 e. The SMILES string of the molecule is CCOC(=O)C1C=NCCc2c1n(C(=O)c1cncc(-c3cccs3)c1)c1ccccc21. The zero-order valence-electron chi connectivity index (χ0n) is 17.5. The molecule has 0 N–H and O–H groups in total. The second-order valence-electron chi connectivity index (χ2n) is 7.50. The first-order valence-electron chi connectivity index (χ1n) is 10.5. The van der Waals surface area contributed by atoms with E-state index in [0.717, 1.165) is 26.9 Å². The van der Waals surface area contributed by atoms with E-state index >= 15 is 0 Å². The molecule has 0 aliphatic carbocycles. The van der Waals surface area contributed by atoms with Gasteiger partial charge in [0.05, 0.1) is 17.7 Å². The lowest BCUT2D eigenvalue weighted by molar-refractivity contribution is -0.143. The Balaban J connectivity index is 1.71. The highest BCUT2D eigenvalue weighted by molar-refractivity contribution is 7.13. The monoisotopic (exact) mass is 443 g/mol. The molecule has 0 fully saturated rings. The lowest BCUT2D eigenvalue weighted by Gasteiger charge is -2.16. The van der Waals surface area contributed by atoms with Gasteiger partial charge in [-0.15, -0.1) is 11.3 Å². The van der Waals surface area contributed by atoms with Crippen LogP contribution < -0.4 is 0 Å². The predicted octanol–water partition coefficient (Wildman–Crippen LogP) is 4.73. The molecule has 1 unspecified atom stereocenters. The van der Waals surface area contributed by atoms with Gasteiger partial charge >= 0.3 is 5.97 Å². The number of hydrogen-bond acceptors (Lipinski definition) is 6. The highest BCUT2D eigenvalue weighted by atomic mass is 32.1. The number of fused-ring (bicyclic) bond motifs is 3. The van der Waals surface area contributed by atoms with Gasteiger partial charge in [0.2, 0.25) is 0 Å². The molecule has 0 saturated heterocycles. The van der Waals surface area contributed by atoms with E-state index in [0.29, 0.717) is 24.2 Å². The van der Waals surface area contributed by atoms with Crippen LogP contribution >= 0.6 is 11.3 Å². The van der Waals surface area contributed by atoms with Gasteiger partial charge in [-0.1, -0.05) is 24.3 Å². The van der Waals surface area contributed by atoms with Crippen LogP contribution in [-0.4, -0.2) is 40.8 Å². The van der Waals surface area contributed by atoms with Crippen molar-refractivity contribution in [1.82, 2.24) is 9.55 Å². The number of hydrogen-bond donors (Lipinski definition) is 0. The Bertz CT molecular complexity index is 1340. The molecule has 3 aromatic heterocycles. The standard InChI is InChI=1S/C25H21N3O3S/c1-2-31-25(30)20-15-26-10-9-19-18-6-3-4-7-21(18)28(23(19)20)24(29)17-12-16(13-27-14-17)22-8-5-11-32-22/h3-8,11-15,20H,2,9-10H2,1H3. The summed E-state index contributed by atoms with van der Waals surface area (Å²) in [6.07, 6.45) is 5.60. The molecule has 4 heterocycles. The van der Waals surface area contributed by atoms with Gasteiger partial charge < -0.3 is 4.74 Å². The van der Waals surface area contributed by atoms with Crippen LogP contribution in [0.25, 0.3) is 21.3 Å². The van der Waals surface area contributed by atoms with Gasteiger partial charge in [0.1, 0.15) is 5.92 Å². The quantitative estimate of drug-likeness (QED) is 0.428. The van der Waals surface area contributed by atoms with E-state index in [-0.39, 0.29) is 12.5 Å². The lowest BCUT2D eigenvalue weighted by atomic mass is 10.00. The summed E-state index contributed by atoms with van der Waals surface area (Å²) in [6.45, 7) is 2.59. The highest BCUT2D eigenvalue weighted by Crippen LogP contribution is 2.34. The molecule has 1 aromatic carbocycles. The molecule has 0 spiro atoms. The highest BCUT2D eigenvalue weighted by Gasteiger charge is 2.33. The first kappa shape index (κ1) is 20.3. The van der Waals surface area contributed by atoms with E-state index in [2.05, 4.69) is 9.98 Å². The number of ether oxygens (including phenoxy) is 1. The molecule has 0 radical (unpaired) electrons. The Morgan fingerprint density at radius 2 is 2.06 bits per heavy atom. The molecule has 32 heavy (non-hydrogen) atoms. The third kappa shape index (κ3) is 3.44. The van der Waals surface area contributed by atoms with Crippen molar-refractivity contribution in [2.45, 2.75) is 19.3 Å². The van der Waals surface area contributed by atoms with E-state index < -0.39 is 11.9 Å². The van der Waals surface area contributed by atoms with E-state index in [4.69, 9.17) is 4.74 Å². The average Bonchev–Trinajstić information content (AvgIpc) is 3.40. The lowest BCUT2D eigenvalue weighted by Crippen LogP contribution is -2.24. The molecule has 0 bridgehead atoms. The summed E-state index contributed by atoms with van der Waals surface area (Å²) >= 11 is 1.60. The van der Waals surface area contributed by atoms with Crippen LogP contribution in [0.2, 0.25) is 0 Å². The molecule has 0 amide bonds. The number of pyridine rings is 1. The van der Waals surface area contributed by atoms with Crippen molar-refractivity contribution in [3.05, 3.63) is 77.1 Å². The summed E-state index contributed by atoms with van der Waals surface area (Å²) in [4.78, 5) is 36.5. The average molecular weight is 444 g/mol. The Morgan fingerprint density at radius 1 is 1.19 bits per heavy atom. The summed E-state index contributed by atoms with van der Waals surface area (Å²) in [5.41, 5.74) is 3.72. The number of thiophene rings is 1. The second kappa shape index (κ2) is 8.51. The summed E-state index contributed by atoms with van der Waals surface area (Å²) in [7, 11) is 0. The number of benzene rings is 1. The fourth-order valence-electron chi connectivity index (χ4n) is 4.23. The van der Waals surface area contributed by atoms with Gasteiger partial charge in [-0.05, 0) is 42.5 Å². The summed E-state index contributed by atoms with van der Waals surface area (Å²) in [5.74, 6) is -1.36. The maximum atomic E-state index is 13.9. The summed E-state index contributed by atoms with van der Waals surface area (Å²) < 4.78 is 6.98. The smallest absolute Gasteiger partial charge is 0.320 e. The summed E-state index contributed by atoms with van der Waals surface area (Å²) in [5, 5.41) is 2.95. The van der Waals surface area contributed by atoms with Crippen LogP contribution in [0.4, 0.5) is 0 Å². The molecular weight excluding hydrogens is 422 g/mol. The van der Waals surface area contributed by atoms with Gasteiger partial charge in [-0.25, -0.2) is 0 Å². The Morgan fingerprint density at radius 3 is 2.88 bits per heavy atom. The predicted molar refractivity (Wildman–Crippen MR) is 126 cm³/mol. The van der Waals surface area contributed by atoms with Crippen molar-refractivity contribution in [3.8, 4) is 10.4 Å². The van der Waals surface area contributed by atoms with Crippen molar-refractivity contribution < 1.29 is 14.3 Å². The van der Waals surface area contributed by atoms with Crippen LogP contribution in [0.5, 0.6) is 0 Å². The Labute approximate surface area is 189 Å². The largest absolute Gasteiger partial charge is 0.465 e. The van der Waals surface area contributed by atoms with Crippen LogP contribution in [0.15, 0.2) is 65.2 Å². The molecule has 7 heteroatoms. The van der Waals surface area contributed by atoms with Crippen LogP contribution in [0.3, 0.4) is 0 Å². The number of rotatable bonds is 4. The minimum absolute atomic E-state index is 0.224. The Kier molecular flexibility index (Phi) is 5.41. The van der Waals surface area contributed by atoms with Gasteiger partial charge in [0.15, 0.2) is 0 Å². The molecule has 5 rings (SSSR count). The number of carbonyl (C=O) groups excluding carboxylic acids is 2. The number of esters is 1. The maximum Gasteiger partial charge on any atom is 0.320 e.